The first kappa shape index (κ1) is 22.7. The maximum Gasteiger partial charge on any atom is 0.0856 e. The van der Waals surface area contributed by atoms with Gasteiger partial charge in [0.1, 0.15) is 0 Å². The van der Waals surface area contributed by atoms with Crippen molar-refractivity contribution in [1.29, 1.82) is 5.26 Å². The molecule has 0 spiro atoms. The van der Waals surface area contributed by atoms with Gasteiger partial charge >= 0.3 is 0 Å². The van der Waals surface area contributed by atoms with E-state index in [9.17, 15) is 5.26 Å². The molecule has 2 nitrogen and oxygen atoms in total. The van der Waals surface area contributed by atoms with Gasteiger partial charge in [-0.3, -0.25) is 4.90 Å². The highest BCUT2D eigenvalue weighted by molar-refractivity contribution is 9.10. The van der Waals surface area contributed by atoms with Crippen molar-refractivity contribution in [1.82, 2.24) is 4.90 Å². The third-order valence-corrected chi connectivity index (χ3v) is 6.66. The smallest absolute Gasteiger partial charge is 0.0856 e. The van der Waals surface area contributed by atoms with Crippen molar-refractivity contribution in [3.8, 4) is 6.07 Å². The van der Waals surface area contributed by atoms with Crippen LogP contribution in [0, 0.1) is 17.2 Å². The number of nitrogens with zero attached hydrogens (tertiary/aromatic N) is 2. The summed E-state index contributed by atoms with van der Waals surface area (Å²) in [6, 6.07) is 22.4. The van der Waals surface area contributed by atoms with Crippen molar-refractivity contribution in [3.63, 3.8) is 0 Å². The molecule has 0 aliphatic heterocycles. The Kier molecular flexibility index (Phi) is 8.28. The van der Waals surface area contributed by atoms with Crippen molar-refractivity contribution in [2.24, 2.45) is 5.92 Å². The monoisotopic (exact) mass is 440 g/mol. The standard InChI is InChI=1S/C25H33BrN2/c1-19(2)25(18-27,23-14-9-10-15-24(23)26)16-11-17-28(20(3)4)21(5)22-12-7-6-8-13-22/h6-10,12-15,19-21H,11,16-17H2,1-5H3. The van der Waals surface area contributed by atoms with Crippen LogP contribution in [0.5, 0.6) is 0 Å². The zero-order valence-corrected chi connectivity index (χ0v) is 19.4. The fourth-order valence-corrected chi connectivity index (χ4v) is 4.80. The Morgan fingerprint density at radius 3 is 2.11 bits per heavy atom. The SMILES string of the molecule is CC(C)N(CCCC(C#N)(c1ccccc1Br)C(C)C)C(C)c1ccccc1. The summed E-state index contributed by atoms with van der Waals surface area (Å²) in [5.41, 5.74) is 1.98. The molecule has 3 heteroatoms. The fraction of sp³-hybridized carbons (Fsp3) is 0.480. The van der Waals surface area contributed by atoms with Crippen molar-refractivity contribution in [2.45, 2.75) is 65.0 Å². The molecule has 0 radical (unpaired) electrons. The second-order valence-electron chi connectivity index (χ2n) is 8.24. The molecule has 2 atom stereocenters. The summed E-state index contributed by atoms with van der Waals surface area (Å²) in [5, 5.41) is 10.2. The van der Waals surface area contributed by atoms with Gasteiger partial charge < -0.3 is 0 Å². The minimum atomic E-state index is -0.473. The van der Waals surface area contributed by atoms with Crippen molar-refractivity contribution < 1.29 is 0 Å². The van der Waals surface area contributed by atoms with Gasteiger partial charge in [-0.1, -0.05) is 78.3 Å². The molecular weight excluding hydrogens is 408 g/mol. The zero-order valence-electron chi connectivity index (χ0n) is 17.8. The second kappa shape index (κ2) is 10.2. The highest BCUT2D eigenvalue weighted by atomic mass is 79.9. The molecule has 2 unspecified atom stereocenters. The van der Waals surface area contributed by atoms with Crippen LogP contribution in [0.3, 0.4) is 0 Å². The first-order chi connectivity index (χ1) is 13.3. The van der Waals surface area contributed by atoms with Crippen molar-refractivity contribution in [2.75, 3.05) is 6.54 Å². The molecule has 0 amide bonds. The normalized spacial score (nSPS) is 14.9. The molecule has 2 aromatic carbocycles. The van der Waals surface area contributed by atoms with E-state index in [0.717, 1.165) is 29.4 Å². The van der Waals surface area contributed by atoms with E-state index in [4.69, 9.17) is 0 Å². The molecule has 0 heterocycles. The van der Waals surface area contributed by atoms with Crippen molar-refractivity contribution >= 4 is 15.9 Å². The van der Waals surface area contributed by atoms with Gasteiger partial charge in [-0.15, -0.1) is 0 Å². The Morgan fingerprint density at radius 2 is 1.57 bits per heavy atom. The Labute approximate surface area is 179 Å². The molecule has 0 aromatic heterocycles. The van der Waals surface area contributed by atoms with E-state index < -0.39 is 5.41 Å². The van der Waals surface area contributed by atoms with Crippen LogP contribution in [-0.4, -0.2) is 17.5 Å². The first-order valence-electron chi connectivity index (χ1n) is 10.3. The summed E-state index contributed by atoms with van der Waals surface area (Å²) in [4.78, 5) is 2.54. The van der Waals surface area contributed by atoms with Gasteiger partial charge in [0, 0.05) is 16.6 Å². The van der Waals surface area contributed by atoms with Gasteiger partial charge in [-0.2, -0.15) is 5.26 Å². The van der Waals surface area contributed by atoms with Crippen LogP contribution in [0.2, 0.25) is 0 Å². The topological polar surface area (TPSA) is 27.0 Å². The number of hydrogen-bond donors (Lipinski definition) is 0. The van der Waals surface area contributed by atoms with E-state index in [-0.39, 0.29) is 5.92 Å². The van der Waals surface area contributed by atoms with Gasteiger partial charge in [-0.05, 0) is 63.3 Å². The Balaban J connectivity index is 2.18. The fourth-order valence-electron chi connectivity index (χ4n) is 4.17. The van der Waals surface area contributed by atoms with Gasteiger partial charge in [0.05, 0.1) is 11.5 Å². The largest absolute Gasteiger partial charge is 0.294 e. The predicted molar refractivity (Wildman–Crippen MR) is 122 cm³/mol. The lowest BCUT2D eigenvalue weighted by atomic mass is 9.70. The lowest BCUT2D eigenvalue weighted by molar-refractivity contribution is 0.155. The van der Waals surface area contributed by atoms with E-state index >= 15 is 0 Å². The molecule has 2 rings (SSSR count). The van der Waals surface area contributed by atoms with Gasteiger partial charge in [0.2, 0.25) is 0 Å². The molecule has 150 valence electrons. The van der Waals surface area contributed by atoms with Crippen LogP contribution in [-0.2, 0) is 5.41 Å². The predicted octanol–water partition coefficient (Wildman–Crippen LogP) is 7.12. The molecule has 0 aliphatic carbocycles. The minimum absolute atomic E-state index is 0.246. The number of benzene rings is 2. The van der Waals surface area contributed by atoms with E-state index in [1.54, 1.807) is 0 Å². The van der Waals surface area contributed by atoms with E-state index in [0.29, 0.717) is 12.1 Å². The van der Waals surface area contributed by atoms with Crippen LogP contribution in [0.25, 0.3) is 0 Å². The Hall–Kier alpha value is -1.63. The lowest BCUT2D eigenvalue weighted by Crippen LogP contribution is -2.37. The number of hydrogen-bond acceptors (Lipinski definition) is 2. The third-order valence-electron chi connectivity index (χ3n) is 5.97. The summed E-state index contributed by atoms with van der Waals surface area (Å²) in [6.07, 6.45) is 1.84. The Morgan fingerprint density at radius 1 is 0.964 bits per heavy atom. The molecular formula is C25H33BrN2. The van der Waals surface area contributed by atoms with Gasteiger partial charge in [0.25, 0.3) is 0 Å². The third kappa shape index (κ3) is 5.04. The molecule has 0 saturated carbocycles. The number of halogens is 1. The average molecular weight is 441 g/mol. The summed E-state index contributed by atoms with van der Waals surface area (Å²) >= 11 is 3.68. The van der Waals surface area contributed by atoms with Crippen LogP contribution in [0.15, 0.2) is 59.1 Å². The number of rotatable bonds is 9. The Bertz CT molecular complexity index is 779. The van der Waals surface area contributed by atoms with Crippen LogP contribution in [0.1, 0.15) is 64.6 Å². The minimum Gasteiger partial charge on any atom is -0.294 e. The lowest BCUT2D eigenvalue weighted by Gasteiger charge is -2.36. The molecule has 0 fully saturated rings. The molecule has 0 bridgehead atoms. The second-order valence-corrected chi connectivity index (χ2v) is 9.09. The van der Waals surface area contributed by atoms with E-state index in [1.807, 2.05) is 18.2 Å². The van der Waals surface area contributed by atoms with Crippen LogP contribution < -0.4 is 0 Å². The maximum absolute atomic E-state index is 10.2. The van der Waals surface area contributed by atoms with E-state index in [1.165, 1.54) is 5.56 Å². The highest BCUT2D eigenvalue weighted by Gasteiger charge is 2.37. The zero-order chi connectivity index (χ0) is 20.7. The quantitative estimate of drug-likeness (QED) is 0.414. The van der Waals surface area contributed by atoms with Gasteiger partial charge in [-0.25, -0.2) is 0 Å². The summed E-state index contributed by atoms with van der Waals surface area (Å²) in [7, 11) is 0. The maximum atomic E-state index is 10.2. The van der Waals surface area contributed by atoms with Gasteiger partial charge in [0.15, 0.2) is 0 Å². The molecule has 0 aliphatic rings. The van der Waals surface area contributed by atoms with Crippen LogP contribution >= 0.6 is 15.9 Å². The average Bonchev–Trinajstić information content (AvgIpc) is 2.69. The number of nitriles is 1. The molecule has 28 heavy (non-hydrogen) atoms. The van der Waals surface area contributed by atoms with Crippen LogP contribution in [0.4, 0.5) is 0 Å². The molecule has 0 saturated heterocycles. The summed E-state index contributed by atoms with van der Waals surface area (Å²) in [6.45, 7) is 12.1. The van der Waals surface area contributed by atoms with Crippen molar-refractivity contribution in [3.05, 3.63) is 70.2 Å². The molecule has 0 N–H and O–H groups in total. The molecule has 2 aromatic rings. The first-order valence-corrected chi connectivity index (χ1v) is 11.1. The van der Waals surface area contributed by atoms with E-state index in [2.05, 4.69) is 97.9 Å². The highest BCUT2D eigenvalue weighted by Crippen LogP contribution is 2.40. The summed E-state index contributed by atoms with van der Waals surface area (Å²) < 4.78 is 1.03. The summed E-state index contributed by atoms with van der Waals surface area (Å²) in [5.74, 6) is 0.246.